The summed E-state index contributed by atoms with van der Waals surface area (Å²) >= 11 is 0.958. The summed E-state index contributed by atoms with van der Waals surface area (Å²) in [6, 6.07) is 0. The smallest absolute Gasteiger partial charge is 0 e. The van der Waals surface area contributed by atoms with E-state index >= 15 is 0 Å². The van der Waals surface area contributed by atoms with Crippen LogP contribution in [0.1, 0.15) is 1.43 Å². The molecule has 0 nitrogen and oxygen atoms in total. The summed E-state index contributed by atoms with van der Waals surface area (Å²) in [5.74, 6) is 0. The first kappa shape index (κ1) is 16.7. The van der Waals surface area contributed by atoms with Crippen LogP contribution < -0.4 is 18.9 Å². The van der Waals surface area contributed by atoms with Crippen molar-refractivity contribution in [2.45, 2.75) is 0 Å². The van der Waals surface area contributed by atoms with Crippen LogP contribution in [-0.4, -0.2) is 14.9 Å². The molecule has 0 radical (unpaired) electrons. The van der Waals surface area contributed by atoms with Gasteiger partial charge in [-0.1, -0.05) is 0 Å². The van der Waals surface area contributed by atoms with Crippen LogP contribution in [0.5, 0.6) is 0 Å². The maximum Gasteiger partial charge on any atom is 0 e. The van der Waals surface area contributed by atoms with Gasteiger partial charge in [-0.3, -0.25) is 0 Å². The van der Waals surface area contributed by atoms with E-state index in [0.29, 0.717) is 0 Å². The minimum absolute atomic E-state index is 0. The van der Waals surface area contributed by atoms with E-state index in [4.69, 9.17) is 0 Å². The fourth-order valence-corrected chi connectivity index (χ4v) is 0. The van der Waals surface area contributed by atoms with E-state index in [0.717, 1.165) is 14.9 Å². The monoisotopic (exact) mass is 180 g/mol. The molecular formula is H3GeLiSZn. The van der Waals surface area contributed by atoms with Crippen LogP contribution in [0.3, 0.4) is 0 Å². The maximum absolute atomic E-state index is 4.21. The van der Waals surface area contributed by atoms with Crippen molar-refractivity contribution in [2.24, 2.45) is 0 Å². The Morgan fingerprint density at radius 2 is 1.50 bits per heavy atom. The van der Waals surface area contributed by atoms with Gasteiger partial charge in [0.2, 0.25) is 0 Å². The molecule has 0 aromatic rings. The van der Waals surface area contributed by atoms with Gasteiger partial charge in [-0.15, -0.1) is 0 Å². The SMILES string of the molecule is [H-].[Li+].[S]=[GeH2].[Zn]. The molecule has 0 aromatic carbocycles. The third-order valence-corrected chi connectivity index (χ3v) is 0. The number of rotatable bonds is 0. The molecule has 0 bridgehead atoms. The topological polar surface area (TPSA) is 0 Å². The largest absolute Gasteiger partial charge is 0 e. The minimum atomic E-state index is 0. The van der Waals surface area contributed by atoms with Crippen molar-refractivity contribution in [1.29, 1.82) is 0 Å². The average Bonchev–Trinajstić information content (AvgIpc) is 1.00. The van der Waals surface area contributed by atoms with Gasteiger partial charge in [-0.2, -0.15) is 0 Å². The van der Waals surface area contributed by atoms with Gasteiger partial charge in [0.25, 0.3) is 0 Å². The van der Waals surface area contributed by atoms with Crippen molar-refractivity contribution in [1.82, 2.24) is 0 Å². The molecule has 0 fully saturated rings. The fourth-order valence-electron chi connectivity index (χ4n) is 0. The maximum atomic E-state index is 4.21. The zero-order valence-electron chi connectivity index (χ0n) is 3.82. The van der Waals surface area contributed by atoms with Crippen LogP contribution in [0.25, 0.3) is 0 Å². The molecule has 0 spiro atoms. The molecule has 0 amide bonds. The van der Waals surface area contributed by atoms with Crippen LogP contribution in [0.15, 0.2) is 0 Å². The van der Waals surface area contributed by atoms with E-state index < -0.39 is 0 Å². The predicted molar refractivity (Wildman–Crippen MR) is 17.2 cm³/mol. The Morgan fingerprint density at radius 3 is 1.50 bits per heavy atom. The van der Waals surface area contributed by atoms with Crippen molar-refractivity contribution < 1.29 is 39.8 Å². The molecule has 0 aliphatic carbocycles. The Hall–Kier alpha value is 1.98. The molecule has 0 N–H and O–H groups in total. The van der Waals surface area contributed by atoms with Crippen molar-refractivity contribution in [3.05, 3.63) is 0 Å². The quantitative estimate of drug-likeness (QED) is 0.355. The summed E-state index contributed by atoms with van der Waals surface area (Å²) in [7, 11) is 4.21. The van der Waals surface area contributed by atoms with Gasteiger partial charge in [-0.25, -0.2) is 0 Å². The van der Waals surface area contributed by atoms with Crippen molar-refractivity contribution >= 4 is 25.3 Å². The molecule has 0 saturated heterocycles. The first-order chi connectivity index (χ1) is 1.00. The molecule has 0 heterocycles. The fraction of sp³-hybridized carbons (Fsp3) is 0. The zero-order valence-corrected chi connectivity index (χ0v) is 9.57. The van der Waals surface area contributed by atoms with Gasteiger partial charge in [0.05, 0.1) is 0 Å². The zero-order chi connectivity index (χ0) is 2.00. The summed E-state index contributed by atoms with van der Waals surface area (Å²) in [6.45, 7) is 0. The Morgan fingerprint density at radius 1 is 1.50 bits per heavy atom. The molecule has 0 saturated carbocycles. The third kappa shape index (κ3) is 9.01. The van der Waals surface area contributed by atoms with E-state index in [1.165, 1.54) is 0 Å². The van der Waals surface area contributed by atoms with Gasteiger partial charge < -0.3 is 1.43 Å². The van der Waals surface area contributed by atoms with E-state index in [1.54, 1.807) is 0 Å². The van der Waals surface area contributed by atoms with E-state index in [1.807, 2.05) is 0 Å². The molecule has 4 heavy (non-hydrogen) atoms. The van der Waals surface area contributed by atoms with Gasteiger partial charge >= 0.3 is 44.2 Å². The summed E-state index contributed by atoms with van der Waals surface area (Å²) in [5, 5.41) is 0. The normalized spacial score (nSPS) is 1.00. The Bertz CT molecular complexity index is 11.6. The predicted octanol–water partition coefficient (Wildman–Crippen LogP) is -3.15. The van der Waals surface area contributed by atoms with Crippen LogP contribution in [-0.2, 0) is 19.5 Å². The summed E-state index contributed by atoms with van der Waals surface area (Å²) < 4.78 is 0. The Labute approximate surface area is 64.5 Å². The standard InChI is InChI=1S/GeH2S.Li.Zn.H/c1-2;;;/h1H2;;;/q;+1;;-1. The van der Waals surface area contributed by atoms with Crippen LogP contribution in [0.4, 0.5) is 0 Å². The molecule has 0 unspecified atom stereocenters. The summed E-state index contributed by atoms with van der Waals surface area (Å²) in [4.78, 5) is 0. The van der Waals surface area contributed by atoms with Crippen LogP contribution in [0.2, 0.25) is 0 Å². The Kier molecular flexibility index (Phi) is 83.9. The van der Waals surface area contributed by atoms with Crippen molar-refractivity contribution in [3.8, 4) is 0 Å². The second-order valence-electron chi connectivity index (χ2n) is 0. The van der Waals surface area contributed by atoms with Gasteiger partial charge in [0, 0.05) is 19.5 Å². The van der Waals surface area contributed by atoms with Gasteiger partial charge in [-0.05, 0) is 0 Å². The molecule has 0 atom stereocenters. The van der Waals surface area contributed by atoms with E-state index in [9.17, 15) is 0 Å². The van der Waals surface area contributed by atoms with Crippen LogP contribution in [0, 0.1) is 0 Å². The van der Waals surface area contributed by atoms with E-state index in [2.05, 4.69) is 10.5 Å². The van der Waals surface area contributed by atoms with E-state index in [-0.39, 0.29) is 39.8 Å². The first-order valence-electron chi connectivity index (χ1n) is 0.289. The van der Waals surface area contributed by atoms with Crippen molar-refractivity contribution in [3.63, 3.8) is 0 Å². The second-order valence-corrected chi connectivity index (χ2v) is 0. The number of hydrogen-bond acceptors (Lipinski definition) is 1. The molecule has 0 aromatic heterocycles. The first-order valence-corrected chi connectivity index (χ1v) is 4.50. The summed E-state index contributed by atoms with van der Waals surface area (Å²) in [6.07, 6.45) is 0. The number of hydrogen-bond donors (Lipinski definition) is 0. The molecular weight excluding hydrogens is 177 g/mol. The third-order valence-electron chi connectivity index (χ3n) is 0. The molecule has 0 aliphatic heterocycles. The molecule has 0 rings (SSSR count). The van der Waals surface area contributed by atoms with Crippen LogP contribution >= 0.6 is 10.5 Å². The van der Waals surface area contributed by atoms with Gasteiger partial charge in [0.1, 0.15) is 0 Å². The Balaban J connectivity index is -0.00000000167. The minimum Gasteiger partial charge on any atom is 0 e. The summed E-state index contributed by atoms with van der Waals surface area (Å²) in [5.41, 5.74) is 0. The molecule has 16 valence electrons. The second kappa shape index (κ2) is 20.1. The molecule has 4 heteroatoms. The van der Waals surface area contributed by atoms with Crippen molar-refractivity contribution in [2.75, 3.05) is 0 Å². The molecule has 0 aliphatic rings. The van der Waals surface area contributed by atoms with Gasteiger partial charge in [0.15, 0.2) is 0 Å². The average molecular weight is 180 g/mol.